The summed E-state index contributed by atoms with van der Waals surface area (Å²) < 4.78 is 6.61. The van der Waals surface area contributed by atoms with Crippen LogP contribution in [0.3, 0.4) is 0 Å². The van der Waals surface area contributed by atoms with Crippen LogP contribution in [0.4, 0.5) is 0 Å². The van der Waals surface area contributed by atoms with E-state index in [0.29, 0.717) is 7.25 Å². The van der Waals surface area contributed by atoms with E-state index in [4.69, 9.17) is 0 Å². The van der Waals surface area contributed by atoms with Gasteiger partial charge in [-0.3, -0.25) is 0 Å². The van der Waals surface area contributed by atoms with E-state index < -0.39 is 20.3 Å². The Kier molecular flexibility index (Phi) is 5.21. The molecule has 0 bridgehead atoms. The molecule has 0 radical (unpaired) electrons. The fourth-order valence-corrected chi connectivity index (χ4v) is 13.1. The Morgan fingerprint density at radius 2 is 1.17 bits per heavy atom. The molecule has 2 aromatic carbocycles. The van der Waals surface area contributed by atoms with E-state index in [-0.39, 0.29) is 0 Å². The van der Waals surface area contributed by atoms with Gasteiger partial charge in [0, 0.05) is 0 Å². The van der Waals surface area contributed by atoms with Gasteiger partial charge < -0.3 is 0 Å². The molecule has 24 heavy (non-hydrogen) atoms. The molecule has 0 aromatic heterocycles. The molecule has 0 spiro atoms. The molecule has 0 fully saturated rings. The quantitative estimate of drug-likeness (QED) is 0.483. The normalized spacial score (nSPS) is 20.1. The second kappa shape index (κ2) is 7.20. The fourth-order valence-electron chi connectivity index (χ4n) is 3.99. The van der Waals surface area contributed by atoms with Crippen molar-refractivity contribution < 1.29 is 20.3 Å². The summed E-state index contributed by atoms with van der Waals surface area (Å²) in [7, 11) is 0. The van der Waals surface area contributed by atoms with Crippen LogP contribution in [0.1, 0.15) is 36.4 Å². The molecule has 0 N–H and O–H groups in total. The van der Waals surface area contributed by atoms with Crippen molar-refractivity contribution in [1.82, 2.24) is 0 Å². The van der Waals surface area contributed by atoms with E-state index in [2.05, 4.69) is 88.7 Å². The van der Waals surface area contributed by atoms with Crippen LogP contribution in [0.2, 0.25) is 9.26 Å². The molecule has 2 aromatic rings. The number of fused-ring (bicyclic) bond motifs is 2. The summed E-state index contributed by atoms with van der Waals surface area (Å²) >= 11 is -2.38. The van der Waals surface area contributed by atoms with Crippen molar-refractivity contribution in [2.24, 2.45) is 0 Å². The minimum absolute atomic E-state index is 0.691. The first-order chi connectivity index (χ1) is 11.6. The van der Waals surface area contributed by atoms with Crippen LogP contribution in [-0.4, -0.2) is 0 Å². The molecule has 0 saturated carbocycles. The number of hydrogen-bond donors (Lipinski definition) is 0. The van der Waals surface area contributed by atoms with Crippen LogP contribution in [0.5, 0.6) is 0 Å². The molecule has 0 saturated heterocycles. The third-order valence-electron chi connectivity index (χ3n) is 5.20. The average Bonchev–Trinajstić information content (AvgIpc) is 3.20. The van der Waals surface area contributed by atoms with Gasteiger partial charge in [-0.05, 0) is 6.92 Å². The van der Waals surface area contributed by atoms with E-state index in [1.165, 1.54) is 11.1 Å². The topological polar surface area (TPSA) is 0 Å². The zero-order valence-corrected chi connectivity index (χ0v) is 17.3. The van der Waals surface area contributed by atoms with Crippen molar-refractivity contribution in [1.29, 1.82) is 0 Å². The molecule has 0 nitrogen and oxygen atoms in total. The van der Waals surface area contributed by atoms with E-state index in [1.54, 1.807) is 17.2 Å². The van der Waals surface area contributed by atoms with Gasteiger partial charge in [0.1, 0.15) is 0 Å². The van der Waals surface area contributed by atoms with Crippen LogP contribution in [0.15, 0.2) is 73.3 Å². The number of benzene rings is 2. The van der Waals surface area contributed by atoms with E-state index in [1.807, 2.05) is 6.92 Å². The summed E-state index contributed by atoms with van der Waals surface area (Å²) in [6.07, 6.45) is 11.4. The molecule has 0 heterocycles. The van der Waals surface area contributed by atoms with Crippen LogP contribution in [0.25, 0.3) is 12.2 Å². The van der Waals surface area contributed by atoms with Gasteiger partial charge in [-0.1, -0.05) is 6.08 Å². The second-order valence-corrected chi connectivity index (χ2v) is 19.2. The summed E-state index contributed by atoms with van der Waals surface area (Å²) in [5, 5.41) is 0. The molecule has 2 aliphatic rings. The van der Waals surface area contributed by atoms with Gasteiger partial charge in [-0.25, -0.2) is 0 Å². The molecule has 2 atom stereocenters. The van der Waals surface area contributed by atoms with Gasteiger partial charge in [0.15, 0.2) is 0 Å². The fraction of sp³-hybridized carbons (Fsp3) is 0.217. The van der Waals surface area contributed by atoms with Gasteiger partial charge in [-0.15, -0.1) is 6.58 Å². The number of allylic oxidation sites excluding steroid dienone is 3. The van der Waals surface area contributed by atoms with Crippen LogP contribution >= 0.6 is 0 Å². The zero-order valence-electron chi connectivity index (χ0n) is 14.9. The van der Waals surface area contributed by atoms with E-state index in [0.717, 1.165) is 0 Å². The Morgan fingerprint density at radius 1 is 0.792 bits per heavy atom. The average molecular weight is 394 g/mol. The standard InChI is InChI=1S/2C9H7.C3H6.2CH3.Zr/c2*1-2-5-9-7-3-6-8(9)4-1;1-3-2;;;/h2*1-7H;3H,1H2,2H3;2*1H3;. The Morgan fingerprint density at radius 3 is 1.58 bits per heavy atom. The summed E-state index contributed by atoms with van der Waals surface area (Å²) in [5.41, 5.74) is 6.00. The van der Waals surface area contributed by atoms with Gasteiger partial charge in [0.2, 0.25) is 0 Å². The second-order valence-electron chi connectivity index (χ2n) is 7.16. The van der Waals surface area contributed by atoms with Crippen LogP contribution in [0, 0.1) is 0 Å². The van der Waals surface area contributed by atoms with Gasteiger partial charge in [0.05, 0.1) is 0 Å². The molecule has 0 aliphatic heterocycles. The zero-order chi connectivity index (χ0) is 17.2. The SMILES string of the molecule is C=CC.[CH3][Zr]([CH3])([CH]1C=Cc2ccccc21)[CH]1C=Cc2ccccc21. The van der Waals surface area contributed by atoms with Gasteiger partial charge >= 0.3 is 132 Å². The van der Waals surface area contributed by atoms with Crippen molar-refractivity contribution in [3.63, 3.8) is 0 Å². The number of rotatable bonds is 2. The predicted octanol–water partition coefficient (Wildman–Crippen LogP) is 6.97. The Bertz CT molecular complexity index is 732. The molecule has 1 heteroatoms. The third kappa shape index (κ3) is 3.07. The van der Waals surface area contributed by atoms with Crippen molar-refractivity contribution in [2.45, 2.75) is 23.4 Å². The third-order valence-corrected chi connectivity index (χ3v) is 15.6. The summed E-state index contributed by atoms with van der Waals surface area (Å²) in [5.74, 6) is 0. The first-order valence-electron chi connectivity index (χ1n) is 8.71. The van der Waals surface area contributed by atoms with Crippen molar-refractivity contribution in [3.8, 4) is 0 Å². The summed E-state index contributed by atoms with van der Waals surface area (Å²) in [6, 6.07) is 17.9. The monoisotopic (exact) mass is 392 g/mol. The first-order valence-corrected chi connectivity index (χ1v) is 16.5. The molecule has 122 valence electrons. The molecule has 0 amide bonds. The number of hydrogen-bond acceptors (Lipinski definition) is 0. The Labute approximate surface area is 151 Å². The Hall–Kier alpha value is -1.46. The summed E-state index contributed by atoms with van der Waals surface area (Å²) in [4.78, 5) is 0. The molecule has 2 unspecified atom stereocenters. The van der Waals surface area contributed by atoms with Crippen molar-refractivity contribution in [2.75, 3.05) is 0 Å². The summed E-state index contributed by atoms with van der Waals surface area (Å²) in [6.45, 7) is 5.25. The molecular weight excluding hydrogens is 367 g/mol. The van der Waals surface area contributed by atoms with E-state index >= 15 is 0 Å². The van der Waals surface area contributed by atoms with Crippen LogP contribution < -0.4 is 0 Å². The maximum atomic E-state index is 3.36. The maximum absolute atomic E-state index is 3.36. The molecule has 2 aliphatic carbocycles. The first kappa shape index (κ1) is 17.4. The molecule has 4 rings (SSSR count). The van der Waals surface area contributed by atoms with Gasteiger partial charge in [-0.2, -0.15) is 0 Å². The minimum atomic E-state index is -2.38. The van der Waals surface area contributed by atoms with Crippen molar-refractivity contribution >= 4 is 12.2 Å². The molecular formula is C23H26Zr. The van der Waals surface area contributed by atoms with Crippen LogP contribution in [-0.2, 0) is 20.3 Å². The predicted molar refractivity (Wildman–Crippen MR) is 104 cm³/mol. The Balaban J connectivity index is 0.000000526. The van der Waals surface area contributed by atoms with E-state index in [9.17, 15) is 0 Å². The van der Waals surface area contributed by atoms with Gasteiger partial charge in [0.25, 0.3) is 0 Å². The van der Waals surface area contributed by atoms with Crippen molar-refractivity contribution in [3.05, 3.63) is 95.6 Å².